The number of aromatic nitrogens is 4. The summed E-state index contributed by atoms with van der Waals surface area (Å²) in [6.07, 6.45) is 6.42. The van der Waals surface area contributed by atoms with E-state index in [0.717, 1.165) is 17.8 Å². The summed E-state index contributed by atoms with van der Waals surface area (Å²) >= 11 is -3.31. The molecular weight excluding hydrogens is 501 g/mol. The van der Waals surface area contributed by atoms with Crippen LogP contribution < -0.4 is 0 Å². The van der Waals surface area contributed by atoms with E-state index in [1.54, 1.807) is 0 Å². The van der Waals surface area contributed by atoms with Crippen LogP contribution >= 0.6 is 0 Å². The van der Waals surface area contributed by atoms with Gasteiger partial charge >= 0.3 is 5.51 Å². The van der Waals surface area contributed by atoms with Crippen molar-refractivity contribution in [1.29, 1.82) is 0 Å². The van der Waals surface area contributed by atoms with E-state index in [9.17, 15) is 26.1 Å². The van der Waals surface area contributed by atoms with Crippen molar-refractivity contribution in [3.63, 3.8) is 0 Å². The van der Waals surface area contributed by atoms with Gasteiger partial charge in [-0.15, -0.1) is 13.2 Å². The van der Waals surface area contributed by atoms with Crippen LogP contribution in [0.25, 0.3) is 27.8 Å². The number of sulfone groups is 1. The Morgan fingerprint density at radius 3 is 2.43 bits per heavy atom. The lowest BCUT2D eigenvalue weighted by molar-refractivity contribution is -0.0437. The molecule has 1 aliphatic carbocycles. The van der Waals surface area contributed by atoms with Gasteiger partial charge in [-0.1, -0.05) is 31.2 Å². The van der Waals surface area contributed by atoms with Crippen molar-refractivity contribution in [2.24, 2.45) is 0 Å². The molecule has 1 aromatic carbocycles. The van der Waals surface area contributed by atoms with Crippen LogP contribution in [0.4, 0.5) is 13.2 Å². The predicted octanol–water partition coefficient (Wildman–Crippen LogP) is 4.78. The molecule has 0 radical (unpaired) electrons. The molecule has 1 atom stereocenters. The lowest BCUT2D eigenvalue weighted by atomic mass is 10.0. The molecule has 3 heterocycles. The molecule has 1 unspecified atom stereocenters. The summed E-state index contributed by atoms with van der Waals surface area (Å²) in [4.78, 5) is 7.94. The number of pyridine rings is 2. The van der Waals surface area contributed by atoms with Gasteiger partial charge in [0.05, 0.1) is 5.75 Å². The maximum absolute atomic E-state index is 12.9. The first kappa shape index (κ1) is 23.8. The quantitative estimate of drug-likeness (QED) is 0.339. The predicted molar refractivity (Wildman–Crippen MR) is 124 cm³/mol. The van der Waals surface area contributed by atoms with E-state index in [-0.39, 0.29) is 22.0 Å². The van der Waals surface area contributed by atoms with E-state index in [0.29, 0.717) is 16.9 Å². The van der Waals surface area contributed by atoms with Crippen LogP contribution in [-0.2, 0) is 21.0 Å². The average molecular weight is 521 g/mol. The first-order valence-electron chi connectivity index (χ1n) is 10.7. The maximum atomic E-state index is 12.9. The van der Waals surface area contributed by atoms with E-state index in [4.69, 9.17) is 0 Å². The number of hydrogen-bond donors (Lipinski definition) is 0. The highest BCUT2D eigenvalue weighted by Gasteiger charge is 2.47. The van der Waals surface area contributed by atoms with E-state index in [1.165, 1.54) is 48.5 Å². The van der Waals surface area contributed by atoms with E-state index in [2.05, 4.69) is 15.1 Å². The second-order valence-corrected chi connectivity index (χ2v) is 11.9. The summed E-state index contributed by atoms with van der Waals surface area (Å²) in [5.41, 5.74) is -2.20. The molecule has 35 heavy (non-hydrogen) atoms. The molecule has 0 bridgehead atoms. The Hall–Kier alpha value is -2.96. The SMILES string of the molecule is CCS(=O)(=O)c1cc(-c2ccc(C3CC3)cc2)cnc1-n1cc2cnc([S+]([O-])C(F)(F)F)cc2n1. The van der Waals surface area contributed by atoms with Gasteiger partial charge < -0.3 is 4.55 Å². The maximum Gasteiger partial charge on any atom is 0.579 e. The third-order valence-electron chi connectivity index (χ3n) is 5.82. The highest BCUT2D eigenvalue weighted by Crippen LogP contribution is 2.40. The number of rotatable bonds is 6. The summed E-state index contributed by atoms with van der Waals surface area (Å²) in [6.45, 7) is 1.51. The fourth-order valence-electron chi connectivity index (χ4n) is 3.74. The highest BCUT2D eigenvalue weighted by molar-refractivity contribution is 7.92. The van der Waals surface area contributed by atoms with E-state index in [1.807, 2.05) is 24.3 Å². The molecule has 5 rings (SSSR count). The Bertz CT molecular complexity index is 1520. The minimum Gasteiger partial charge on any atom is -0.603 e. The van der Waals surface area contributed by atoms with Crippen LogP contribution in [0.3, 0.4) is 0 Å². The van der Waals surface area contributed by atoms with Crippen LogP contribution in [0, 0.1) is 0 Å². The Kier molecular flexibility index (Phi) is 5.85. The molecule has 0 amide bonds. The van der Waals surface area contributed by atoms with Gasteiger partial charge in [-0.3, -0.25) is 0 Å². The van der Waals surface area contributed by atoms with Crippen molar-refractivity contribution < 1.29 is 26.1 Å². The molecule has 12 heteroatoms. The van der Waals surface area contributed by atoms with Crippen molar-refractivity contribution in [2.75, 3.05) is 5.75 Å². The average Bonchev–Trinajstić information content (AvgIpc) is 3.61. The first-order valence-corrected chi connectivity index (χ1v) is 13.5. The molecule has 1 aliphatic rings. The summed E-state index contributed by atoms with van der Waals surface area (Å²) in [5, 5.41) is 3.86. The third kappa shape index (κ3) is 4.65. The molecule has 0 N–H and O–H groups in total. The smallest absolute Gasteiger partial charge is 0.579 e. The molecule has 3 aromatic heterocycles. The number of halogens is 3. The Balaban J connectivity index is 1.58. The van der Waals surface area contributed by atoms with Gasteiger partial charge in [0.15, 0.2) is 15.7 Å². The van der Waals surface area contributed by atoms with Gasteiger partial charge in [0.2, 0.25) is 0 Å². The lowest BCUT2D eigenvalue weighted by Crippen LogP contribution is -2.24. The number of benzene rings is 1. The molecule has 4 aromatic rings. The Morgan fingerprint density at radius 1 is 1.09 bits per heavy atom. The van der Waals surface area contributed by atoms with Crippen molar-refractivity contribution in [2.45, 2.75) is 41.1 Å². The molecule has 182 valence electrons. The highest BCUT2D eigenvalue weighted by atomic mass is 32.2. The monoisotopic (exact) mass is 520 g/mol. The number of hydrogen-bond acceptors (Lipinski definition) is 6. The molecule has 7 nitrogen and oxygen atoms in total. The fraction of sp³-hybridized carbons (Fsp3) is 0.261. The van der Waals surface area contributed by atoms with Gasteiger partial charge in [-0.2, -0.15) is 5.10 Å². The van der Waals surface area contributed by atoms with Gasteiger partial charge in [-0.25, -0.2) is 23.1 Å². The van der Waals surface area contributed by atoms with Crippen LogP contribution in [0.2, 0.25) is 0 Å². The normalized spacial score (nSPS) is 15.5. The zero-order chi connectivity index (χ0) is 25.0. The minimum absolute atomic E-state index is 0.0138. The Labute approximate surface area is 202 Å². The molecule has 1 fully saturated rings. The summed E-state index contributed by atoms with van der Waals surface area (Å²) in [5.74, 6) is 0.431. The number of nitrogens with zero attached hydrogens (tertiary/aromatic N) is 4. The molecule has 0 spiro atoms. The summed E-state index contributed by atoms with van der Waals surface area (Å²) in [6, 6.07) is 10.4. The molecular formula is C23H19F3N4O3S2. The molecule has 0 saturated heterocycles. The van der Waals surface area contributed by atoms with Gasteiger partial charge in [-0.05, 0) is 36.0 Å². The standard InChI is InChI=1S/C23H19F3N4O3S2/c1-2-35(32,33)20-9-17(16-7-5-15(6-8-16)14-3-4-14)11-28-22(20)30-13-18-12-27-21(10-19(18)29-30)34(31)23(24,25)26/h5-14H,2-4H2,1H3. The minimum atomic E-state index is -4.96. The van der Waals surface area contributed by atoms with Crippen LogP contribution in [0.15, 0.2) is 64.9 Å². The van der Waals surface area contributed by atoms with Crippen molar-refractivity contribution in [3.8, 4) is 16.9 Å². The van der Waals surface area contributed by atoms with Crippen molar-refractivity contribution in [1.82, 2.24) is 19.7 Å². The van der Waals surface area contributed by atoms with Crippen LogP contribution in [0.1, 0.15) is 31.2 Å². The number of alkyl halides is 3. The number of fused-ring (bicyclic) bond motifs is 1. The third-order valence-corrected chi connectivity index (χ3v) is 8.58. The van der Waals surface area contributed by atoms with Crippen molar-refractivity contribution in [3.05, 3.63) is 60.6 Å². The second-order valence-electron chi connectivity index (χ2n) is 8.21. The van der Waals surface area contributed by atoms with Crippen LogP contribution in [-0.4, -0.2) is 44.0 Å². The first-order chi connectivity index (χ1) is 16.6. The fourth-order valence-corrected chi connectivity index (χ4v) is 5.39. The van der Waals surface area contributed by atoms with E-state index >= 15 is 0 Å². The largest absolute Gasteiger partial charge is 0.603 e. The zero-order valence-corrected chi connectivity index (χ0v) is 20.0. The van der Waals surface area contributed by atoms with Gasteiger partial charge in [0.25, 0.3) is 5.03 Å². The van der Waals surface area contributed by atoms with Crippen molar-refractivity contribution >= 4 is 31.9 Å². The second kappa shape index (κ2) is 8.61. The van der Waals surface area contributed by atoms with Gasteiger partial charge in [0, 0.05) is 35.6 Å². The van der Waals surface area contributed by atoms with Gasteiger partial charge in [0.1, 0.15) is 21.6 Å². The van der Waals surface area contributed by atoms with E-state index < -0.39 is 31.5 Å². The lowest BCUT2D eigenvalue weighted by Gasteiger charge is -2.11. The topological polar surface area (TPSA) is 101 Å². The molecule has 0 aliphatic heterocycles. The van der Waals surface area contributed by atoms with Crippen LogP contribution in [0.5, 0.6) is 0 Å². The summed E-state index contributed by atoms with van der Waals surface area (Å²) in [7, 11) is -3.73. The Morgan fingerprint density at radius 2 is 1.80 bits per heavy atom. The molecule has 1 saturated carbocycles. The zero-order valence-electron chi connectivity index (χ0n) is 18.4. The summed E-state index contributed by atoms with van der Waals surface area (Å²) < 4.78 is 77.2.